The molecule has 2 N–H and O–H groups in total. The lowest BCUT2D eigenvalue weighted by Crippen LogP contribution is -2.44. The average Bonchev–Trinajstić information content (AvgIpc) is 2.87. The summed E-state index contributed by atoms with van der Waals surface area (Å²) in [6.07, 6.45) is 4.30. The topological polar surface area (TPSA) is 93.1 Å². The molecule has 0 bridgehead atoms. The predicted octanol–water partition coefficient (Wildman–Crippen LogP) is 1.82. The number of imide groups is 1. The Kier molecular flexibility index (Phi) is 4.89. The Hall–Kier alpha value is -2.22. The number of hydrogen-bond donors (Lipinski definition) is 2. The highest BCUT2D eigenvalue weighted by molar-refractivity contribution is 7.18. The first kappa shape index (κ1) is 17.6. The van der Waals surface area contributed by atoms with Crippen molar-refractivity contribution in [3.8, 4) is 0 Å². The monoisotopic (exact) mass is 362 g/mol. The van der Waals surface area contributed by atoms with E-state index in [0.717, 1.165) is 29.7 Å². The van der Waals surface area contributed by atoms with Gasteiger partial charge in [-0.25, -0.2) is 9.78 Å². The quantitative estimate of drug-likeness (QED) is 0.871. The van der Waals surface area contributed by atoms with Crippen LogP contribution in [0.2, 0.25) is 0 Å². The van der Waals surface area contributed by atoms with Crippen LogP contribution in [0.15, 0.2) is 11.1 Å². The number of hydrogen-bond acceptors (Lipinski definition) is 5. The molecule has 0 aliphatic heterocycles. The smallest absolute Gasteiger partial charge is 0.321 e. The molecule has 134 valence electrons. The number of thiophene rings is 1. The van der Waals surface area contributed by atoms with Gasteiger partial charge in [0, 0.05) is 10.9 Å². The second-order valence-electron chi connectivity index (χ2n) is 6.89. The van der Waals surface area contributed by atoms with Crippen molar-refractivity contribution < 1.29 is 9.59 Å². The van der Waals surface area contributed by atoms with Crippen LogP contribution in [0.1, 0.15) is 37.6 Å². The van der Waals surface area contributed by atoms with Gasteiger partial charge in [0.2, 0.25) is 5.91 Å². The van der Waals surface area contributed by atoms with Gasteiger partial charge < -0.3 is 5.32 Å². The third-order valence-corrected chi connectivity index (χ3v) is 5.43. The van der Waals surface area contributed by atoms with Gasteiger partial charge in [0.25, 0.3) is 5.56 Å². The maximum Gasteiger partial charge on any atom is 0.321 e. The molecular weight excluding hydrogens is 340 g/mol. The molecule has 2 heterocycles. The summed E-state index contributed by atoms with van der Waals surface area (Å²) in [5.41, 5.74) is 0.874. The van der Waals surface area contributed by atoms with E-state index in [0.29, 0.717) is 11.3 Å². The zero-order valence-electron chi connectivity index (χ0n) is 14.6. The molecule has 25 heavy (non-hydrogen) atoms. The Morgan fingerprint density at radius 3 is 2.92 bits per heavy atom. The Labute approximate surface area is 149 Å². The van der Waals surface area contributed by atoms with Crippen LogP contribution in [0.3, 0.4) is 0 Å². The van der Waals surface area contributed by atoms with Gasteiger partial charge in [-0.3, -0.25) is 19.5 Å². The molecule has 1 atom stereocenters. The van der Waals surface area contributed by atoms with Crippen molar-refractivity contribution in [2.24, 2.45) is 5.92 Å². The van der Waals surface area contributed by atoms with Gasteiger partial charge in [0.1, 0.15) is 11.4 Å². The van der Waals surface area contributed by atoms with Crippen molar-refractivity contribution in [3.05, 3.63) is 27.1 Å². The second kappa shape index (κ2) is 6.95. The normalized spacial score (nSPS) is 16.7. The van der Waals surface area contributed by atoms with Crippen LogP contribution in [0.4, 0.5) is 4.79 Å². The fourth-order valence-corrected chi connectivity index (χ4v) is 4.44. The number of carbonyl (C=O) groups excluding carboxylic acids is 2. The number of urea groups is 1. The van der Waals surface area contributed by atoms with Crippen molar-refractivity contribution in [2.75, 3.05) is 0 Å². The molecule has 2 aromatic heterocycles. The number of aromatic nitrogens is 2. The van der Waals surface area contributed by atoms with E-state index in [1.54, 1.807) is 25.2 Å². The summed E-state index contributed by atoms with van der Waals surface area (Å²) in [6.45, 7) is 5.58. The zero-order valence-corrected chi connectivity index (χ0v) is 15.4. The molecular formula is C17H22N4O3S. The van der Waals surface area contributed by atoms with E-state index >= 15 is 0 Å². The summed E-state index contributed by atoms with van der Waals surface area (Å²) in [6, 6.07) is -0.641. The predicted molar refractivity (Wildman–Crippen MR) is 96.9 cm³/mol. The van der Waals surface area contributed by atoms with Gasteiger partial charge in [-0.2, -0.15) is 0 Å². The van der Waals surface area contributed by atoms with Crippen LogP contribution in [-0.2, 0) is 24.2 Å². The molecule has 2 aromatic rings. The van der Waals surface area contributed by atoms with Crippen molar-refractivity contribution >= 4 is 33.5 Å². The first-order valence-electron chi connectivity index (χ1n) is 8.45. The molecule has 0 unspecified atom stereocenters. The highest BCUT2D eigenvalue weighted by Crippen LogP contribution is 2.35. The lowest BCUT2D eigenvalue weighted by atomic mass is 9.89. The summed E-state index contributed by atoms with van der Waals surface area (Å²) < 4.78 is 1.27. The Bertz CT molecular complexity index is 884. The molecule has 1 aliphatic rings. The SMILES string of the molecule is CC(C)NC(=O)NC(=O)Cn1cnc2sc3c(c2c1=O)CC[C@@H](C)C3. The zero-order chi connectivity index (χ0) is 18.1. The third kappa shape index (κ3) is 3.73. The van der Waals surface area contributed by atoms with Crippen LogP contribution in [0, 0.1) is 5.92 Å². The van der Waals surface area contributed by atoms with Crippen molar-refractivity contribution in [1.29, 1.82) is 0 Å². The molecule has 0 spiro atoms. The van der Waals surface area contributed by atoms with Gasteiger partial charge in [-0.15, -0.1) is 11.3 Å². The maximum absolute atomic E-state index is 12.8. The molecule has 0 saturated heterocycles. The lowest BCUT2D eigenvalue weighted by Gasteiger charge is -2.17. The molecule has 3 rings (SSSR count). The number of aryl methyl sites for hydroxylation is 1. The Balaban J connectivity index is 1.83. The molecule has 0 saturated carbocycles. The minimum Gasteiger partial charge on any atom is -0.336 e. The highest BCUT2D eigenvalue weighted by atomic mass is 32.1. The van der Waals surface area contributed by atoms with Crippen molar-refractivity contribution in [3.63, 3.8) is 0 Å². The first-order valence-corrected chi connectivity index (χ1v) is 9.26. The summed E-state index contributed by atoms with van der Waals surface area (Å²) in [5, 5.41) is 5.43. The minimum atomic E-state index is -0.566. The number of carbonyl (C=O) groups is 2. The second-order valence-corrected chi connectivity index (χ2v) is 7.97. The number of amides is 3. The number of rotatable bonds is 3. The Morgan fingerprint density at radius 2 is 2.20 bits per heavy atom. The average molecular weight is 362 g/mol. The van der Waals surface area contributed by atoms with E-state index in [-0.39, 0.29) is 18.1 Å². The Morgan fingerprint density at radius 1 is 1.44 bits per heavy atom. The van der Waals surface area contributed by atoms with Crippen molar-refractivity contribution in [2.45, 2.75) is 52.6 Å². The van der Waals surface area contributed by atoms with E-state index in [2.05, 4.69) is 22.5 Å². The molecule has 0 aromatic carbocycles. The van der Waals surface area contributed by atoms with E-state index in [9.17, 15) is 14.4 Å². The van der Waals surface area contributed by atoms with Crippen LogP contribution in [-0.4, -0.2) is 27.5 Å². The highest BCUT2D eigenvalue weighted by Gasteiger charge is 2.23. The van der Waals surface area contributed by atoms with E-state index in [4.69, 9.17) is 0 Å². The van der Waals surface area contributed by atoms with Gasteiger partial charge in [-0.05, 0) is 44.6 Å². The number of nitrogens with one attached hydrogen (secondary N) is 2. The van der Waals surface area contributed by atoms with Gasteiger partial charge in [-0.1, -0.05) is 6.92 Å². The lowest BCUT2D eigenvalue weighted by molar-refractivity contribution is -0.120. The fourth-order valence-electron chi connectivity index (χ4n) is 3.10. The molecule has 0 radical (unpaired) electrons. The van der Waals surface area contributed by atoms with Crippen LogP contribution in [0.25, 0.3) is 10.2 Å². The van der Waals surface area contributed by atoms with Crippen LogP contribution in [0.5, 0.6) is 0 Å². The first-order chi connectivity index (χ1) is 11.8. The molecule has 7 nitrogen and oxygen atoms in total. The summed E-state index contributed by atoms with van der Waals surface area (Å²) >= 11 is 1.57. The van der Waals surface area contributed by atoms with E-state index in [1.165, 1.54) is 15.8 Å². The van der Waals surface area contributed by atoms with Gasteiger partial charge in [0.15, 0.2) is 0 Å². The number of nitrogens with zero attached hydrogens (tertiary/aromatic N) is 2. The largest absolute Gasteiger partial charge is 0.336 e. The van der Waals surface area contributed by atoms with Crippen molar-refractivity contribution in [1.82, 2.24) is 20.2 Å². The maximum atomic E-state index is 12.8. The molecule has 1 aliphatic carbocycles. The summed E-state index contributed by atoms with van der Waals surface area (Å²) in [7, 11) is 0. The number of fused-ring (bicyclic) bond motifs is 3. The minimum absolute atomic E-state index is 0.0757. The fraction of sp³-hybridized carbons (Fsp3) is 0.529. The van der Waals surface area contributed by atoms with Crippen LogP contribution >= 0.6 is 11.3 Å². The summed E-state index contributed by atoms with van der Waals surface area (Å²) in [4.78, 5) is 42.7. The summed E-state index contributed by atoms with van der Waals surface area (Å²) in [5.74, 6) is 0.0761. The van der Waals surface area contributed by atoms with Gasteiger partial charge >= 0.3 is 6.03 Å². The molecule has 3 amide bonds. The van der Waals surface area contributed by atoms with Gasteiger partial charge in [0.05, 0.1) is 11.7 Å². The molecule has 8 heteroatoms. The van der Waals surface area contributed by atoms with E-state index in [1.807, 2.05) is 0 Å². The standard InChI is InChI=1S/C17H22N4O3S/c1-9(2)19-17(24)20-13(22)7-21-8-18-15-14(16(21)23)11-5-4-10(3)6-12(11)25-15/h8-10H,4-7H2,1-3H3,(H2,19,20,22,24)/t10-/m1/s1. The molecule has 0 fully saturated rings. The van der Waals surface area contributed by atoms with Crippen LogP contribution < -0.4 is 16.2 Å². The third-order valence-electron chi connectivity index (χ3n) is 4.27. The van der Waals surface area contributed by atoms with E-state index < -0.39 is 11.9 Å².